The monoisotopic (exact) mass is 211 g/mol. The summed E-state index contributed by atoms with van der Waals surface area (Å²) in [6.45, 7) is 5.57. The van der Waals surface area contributed by atoms with E-state index in [9.17, 15) is 0 Å². The fourth-order valence-electron chi connectivity index (χ4n) is 1.82. The number of nitrogens with two attached hydrogens (primary N) is 1. The van der Waals surface area contributed by atoms with Crippen molar-refractivity contribution < 1.29 is 4.74 Å². The number of guanidine groups is 1. The highest BCUT2D eigenvalue weighted by molar-refractivity contribution is 5.77. The van der Waals surface area contributed by atoms with Gasteiger partial charge in [-0.15, -0.1) is 0 Å². The van der Waals surface area contributed by atoms with Crippen LogP contribution in [0.3, 0.4) is 0 Å². The lowest BCUT2D eigenvalue weighted by Gasteiger charge is -2.36. The highest BCUT2D eigenvalue weighted by atomic mass is 16.5. The van der Waals surface area contributed by atoms with Gasteiger partial charge in [-0.1, -0.05) is 13.3 Å². The lowest BCUT2D eigenvalue weighted by molar-refractivity contribution is -0.0945. The van der Waals surface area contributed by atoms with Crippen molar-refractivity contribution >= 4 is 5.96 Å². The van der Waals surface area contributed by atoms with Crippen LogP contribution in [0.2, 0.25) is 0 Å². The van der Waals surface area contributed by atoms with E-state index in [4.69, 9.17) is 10.5 Å². The summed E-state index contributed by atoms with van der Waals surface area (Å²) in [5.41, 5.74) is 6.01. The molecule has 1 heterocycles. The van der Waals surface area contributed by atoms with Crippen molar-refractivity contribution in [3.63, 3.8) is 0 Å². The molecule has 0 atom stereocenters. The van der Waals surface area contributed by atoms with E-state index < -0.39 is 0 Å². The molecule has 1 saturated carbocycles. The van der Waals surface area contributed by atoms with Gasteiger partial charge in [0, 0.05) is 12.0 Å². The van der Waals surface area contributed by atoms with E-state index in [2.05, 4.69) is 17.2 Å². The van der Waals surface area contributed by atoms with Gasteiger partial charge in [-0.3, -0.25) is 4.99 Å². The first-order valence-corrected chi connectivity index (χ1v) is 5.79. The molecule has 0 unspecified atom stereocenters. The predicted octanol–water partition coefficient (Wildman–Crippen LogP) is 0.727. The number of rotatable bonds is 4. The Labute approximate surface area is 91.3 Å². The summed E-state index contributed by atoms with van der Waals surface area (Å²) in [7, 11) is 0. The second-order valence-electron chi connectivity index (χ2n) is 5.18. The smallest absolute Gasteiger partial charge is 0.188 e. The summed E-state index contributed by atoms with van der Waals surface area (Å²) in [4.78, 5) is 4.35. The SMILES string of the molecule is CC1(CN=C(N)NCC2CCC2)COC1. The van der Waals surface area contributed by atoms with Crippen LogP contribution in [0.15, 0.2) is 4.99 Å². The van der Waals surface area contributed by atoms with E-state index in [1.165, 1.54) is 19.3 Å². The summed E-state index contributed by atoms with van der Waals surface area (Å²) in [5, 5.41) is 3.19. The van der Waals surface area contributed by atoms with Gasteiger partial charge >= 0.3 is 0 Å². The molecule has 0 aromatic heterocycles. The summed E-state index contributed by atoms with van der Waals surface area (Å²) in [5.74, 6) is 1.41. The summed E-state index contributed by atoms with van der Waals surface area (Å²) >= 11 is 0. The molecule has 2 fully saturated rings. The van der Waals surface area contributed by atoms with Crippen molar-refractivity contribution in [1.29, 1.82) is 0 Å². The molecule has 1 aliphatic heterocycles. The van der Waals surface area contributed by atoms with Crippen LogP contribution in [0.5, 0.6) is 0 Å². The highest BCUT2D eigenvalue weighted by Crippen LogP contribution is 2.26. The molecule has 2 rings (SSSR count). The topological polar surface area (TPSA) is 59.6 Å². The lowest BCUT2D eigenvalue weighted by atomic mass is 9.85. The quantitative estimate of drug-likeness (QED) is 0.532. The Morgan fingerprint density at radius 3 is 2.73 bits per heavy atom. The van der Waals surface area contributed by atoms with Crippen LogP contribution >= 0.6 is 0 Å². The molecule has 15 heavy (non-hydrogen) atoms. The minimum atomic E-state index is 0.225. The fourth-order valence-corrected chi connectivity index (χ4v) is 1.82. The minimum absolute atomic E-state index is 0.225. The van der Waals surface area contributed by atoms with Crippen LogP contribution in [0, 0.1) is 11.3 Å². The molecular formula is C11H21N3O. The number of aliphatic imine (C=N–C) groups is 1. The van der Waals surface area contributed by atoms with Crippen molar-refractivity contribution in [3.05, 3.63) is 0 Å². The maximum atomic E-state index is 5.78. The zero-order valence-corrected chi connectivity index (χ0v) is 9.46. The van der Waals surface area contributed by atoms with Gasteiger partial charge in [-0.05, 0) is 18.8 Å². The zero-order chi connectivity index (χ0) is 10.7. The largest absolute Gasteiger partial charge is 0.380 e. The first-order chi connectivity index (χ1) is 7.18. The Bertz CT molecular complexity index is 244. The van der Waals surface area contributed by atoms with Crippen molar-refractivity contribution in [3.8, 4) is 0 Å². The average Bonchev–Trinajstić information content (AvgIpc) is 2.09. The molecular weight excluding hydrogens is 190 g/mol. The van der Waals surface area contributed by atoms with Crippen LogP contribution in [-0.2, 0) is 4.74 Å². The van der Waals surface area contributed by atoms with E-state index in [0.717, 1.165) is 32.2 Å². The van der Waals surface area contributed by atoms with Crippen molar-refractivity contribution in [1.82, 2.24) is 5.32 Å². The highest BCUT2D eigenvalue weighted by Gasteiger charge is 2.33. The molecule has 86 valence electrons. The van der Waals surface area contributed by atoms with Crippen molar-refractivity contribution in [2.45, 2.75) is 26.2 Å². The fraction of sp³-hybridized carbons (Fsp3) is 0.909. The van der Waals surface area contributed by atoms with Gasteiger partial charge in [0.15, 0.2) is 5.96 Å². The van der Waals surface area contributed by atoms with E-state index in [1.54, 1.807) is 0 Å². The molecule has 2 aliphatic rings. The van der Waals surface area contributed by atoms with Crippen molar-refractivity contribution in [2.75, 3.05) is 26.3 Å². The third kappa shape index (κ3) is 2.84. The summed E-state index contributed by atoms with van der Waals surface area (Å²) in [6.07, 6.45) is 4.05. The number of nitrogens with one attached hydrogen (secondary N) is 1. The molecule has 0 spiro atoms. The molecule has 4 nitrogen and oxygen atoms in total. The van der Waals surface area contributed by atoms with E-state index in [0.29, 0.717) is 5.96 Å². The van der Waals surface area contributed by atoms with Gasteiger partial charge < -0.3 is 15.8 Å². The van der Waals surface area contributed by atoms with Gasteiger partial charge in [0.2, 0.25) is 0 Å². The maximum absolute atomic E-state index is 5.78. The third-order valence-corrected chi connectivity index (χ3v) is 3.33. The Hall–Kier alpha value is -0.770. The van der Waals surface area contributed by atoms with E-state index in [-0.39, 0.29) is 5.41 Å². The second-order valence-corrected chi connectivity index (χ2v) is 5.18. The normalized spacial score (nSPS) is 25.5. The van der Waals surface area contributed by atoms with Gasteiger partial charge in [0.1, 0.15) is 0 Å². The number of hydrogen-bond donors (Lipinski definition) is 2. The molecule has 0 bridgehead atoms. The standard InChI is InChI=1S/C11H21N3O/c1-11(7-15-8-11)6-14-10(12)13-5-9-3-2-4-9/h9H,2-8H2,1H3,(H3,12,13,14). The number of hydrogen-bond acceptors (Lipinski definition) is 2. The minimum Gasteiger partial charge on any atom is -0.380 e. The first-order valence-electron chi connectivity index (χ1n) is 5.79. The Balaban J connectivity index is 1.65. The Morgan fingerprint density at radius 1 is 1.53 bits per heavy atom. The molecule has 0 radical (unpaired) electrons. The van der Waals surface area contributed by atoms with Gasteiger partial charge in [0.05, 0.1) is 19.8 Å². The average molecular weight is 211 g/mol. The number of nitrogens with zero attached hydrogens (tertiary/aromatic N) is 1. The first kappa shape index (κ1) is 10.7. The van der Waals surface area contributed by atoms with Gasteiger partial charge in [-0.25, -0.2) is 0 Å². The van der Waals surface area contributed by atoms with Crippen LogP contribution < -0.4 is 11.1 Å². The summed E-state index contributed by atoms with van der Waals surface area (Å²) < 4.78 is 5.16. The molecule has 1 aliphatic carbocycles. The van der Waals surface area contributed by atoms with E-state index in [1.807, 2.05) is 0 Å². The predicted molar refractivity (Wildman–Crippen MR) is 60.8 cm³/mol. The molecule has 3 N–H and O–H groups in total. The van der Waals surface area contributed by atoms with Crippen LogP contribution in [0.1, 0.15) is 26.2 Å². The molecule has 1 saturated heterocycles. The molecule has 0 aromatic rings. The Morgan fingerprint density at radius 2 is 2.27 bits per heavy atom. The van der Waals surface area contributed by atoms with Crippen molar-refractivity contribution in [2.24, 2.45) is 22.1 Å². The van der Waals surface area contributed by atoms with Crippen LogP contribution in [0.4, 0.5) is 0 Å². The summed E-state index contributed by atoms with van der Waals surface area (Å²) in [6, 6.07) is 0. The van der Waals surface area contributed by atoms with Crippen LogP contribution in [0.25, 0.3) is 0 Å². The maximum Gasteiger partial charge on any atom is 0.188 e. The van der Waals surface area contributed by atoms with E-state index >= 15 is 0 Å². The molecule has 4 heteroatoms. The molecule has 0 aromatic carbocycles. The van der Waals surface area contributed by atoms with Gasteiger partial charge in [0.25, 0.3) is 0 Å². The van der Waals surface area contributed by atoms with Crippen LogP contribution in [-0.4, -0.2) is 32.3 Å². The zero-order valence-electron chi connectivity index (χ0n) is 9.46. The van der Waals surface area contributed by atoms with Gasteiger partial charge in [-0.2, -0.15) is 0 Å². The third-order valence-electron chi connectivity index (χ3n) is 3.33. The Kier molecular flexibility index (Phi) is 3.14. The second kappa shape index (κ2) is 4.39. The number of ether oxygens (including phenoxy) is 1. The molecule has 0 amide bonds. The lowest BCUT2D eigenvalue weighted by Crippen LogP contribution is -2.44.